The van der Waals surface area contributed by atoms with E-state index in [1.807, 2.05) is 45.0 Å². The number of hydrogen-bond donors (Lipinski definition) is 2. The van der Waals surface area contributed by atoms with Gasteiger partial charge in [-0.2, -0.15) is 0 Å². The van der Waals surface area contributed by atoms with E-state index in [4.69, 9.17) is 10.5 Å². The molecule has 1 saturated heterocycles. The first-order valence-electron chi connectivity index (χ1n) is 6.97. The third kappa shape index (κ3) is 3.56. The Balaban J connectivity index is 2.04. The Morgan fingerprint density at radius 2 is 2.10 bits per heavy atom. The summed E-state index contributed by atoms with van der Waals surface area (Å²) in [5.41, 5.74) is 6.99. The van der Waals surface area contributed by atoms with Gasteiger partial charge >= 0.3 is 6.09 Å². The van der Waals surface area contributed by atoms with Crippen LogP contribution >= 0.6 is 0 Å². The van der Waals surface area contributed by atoms with E-state index in [0.29, 0.717) is 12.2 Å². The summed E-state index contributed by atoms with van der Waals surface area (Å²) in [7, 11) is 0. The fourth-order valence-corrected chi connectivity index (χ4v) is 2.26. The van der Waals surface area contributed by atoms with Gasteiger partial charge in [-0.3, -0.25) is 4.90 Å². The fraction of sp³-hybridized carbons (Fsp3) is 0.533. The fourth-order valence-electron chi connectivity index (χ4n) is 2.26. The first-order valence-corrected chi connectivity index (χ1v) is 6.97. The molecule has 0 bridgehead atoms. The standard InChI is InChI=1S/C15H23N3O2/c1-15(2,3)20-14(19)18-10-6-9-13(18)17-12-8-5-4-7-11(12)16/h4-5,7-8,13,17H,6,9-10,16H2,1-3H3/t13-/m0/s1. The highest BCUT2D eigenvalue weighted by Gasteiger charge is 2.32. The molecule has 5 nitrogen and oxygen atoms in total. The largest absolute Gasteiger partial charge is 0.444 e. The van der Waals surface area contributed by atoms with E-state index >= 15 is 0 Å². The molecular weight excluding hydrogens is 254 g/mol. The highest BCUT2D eigenvalue weighted by atomic mass is 16.6. The Bertz CT molecular complexity index is 482. The number of para-hydroxylation sites is 2. The summed E-state index contributed by atoms with van der Waals surface area (Å²) < 4.78 is 5.44. The smallest absolute Gasteiger partial charge is 0.411 e. The summed E-state index contributed by atoms with van der Waals surface area (Å²) in [5, 5.41) is 3.33. The maximum absolute atomic E-state index is 12.2. The number of amides is 1. The van der Waals surface area contributed by atoms with Gasteiger partial charge in [-0.25, -0.2) is 4.79 Å². The molecule has 1 fully saturated rings. The second-order valence-electron chi connectivity index (χ2n) is 6.06. The SMILES string of the molecule is CC(C)(C)OC(=O)N1CCC[C@H]1Nc1ccccc1N. The van der Waals surface area contributed by atoms with Crippen LogP contribution in [-0.2, 0) is 4.74 Å². The third-order valence-electron chi connectivity index (χ3n) is 3.16. The number of nitrogens with two attached hydrogens (primary N) is 1. The van der Waals surface area contributed by atoms with E-state index in [-0.39, 0.29) is 12.3 Å². The maximum atomic E-state index is 12.2. The lowest BCUT2D eigenvalue weighted by Crippen LogP contribution is -2.43. The lowest BCUT2D eigenvalue weighted by molar-refractivity contribution is 0.0244. The van der Waals surface area contributed by atoms with E-state index in [9.17, 15) is 4.79 Å². The van der Waals surface area contributed by atoms with Crippen molar-refractivity contribution in [2.45, 2.75) is 45.4 Å². The van der Waals surface area contributed by atoms with E-state index in [1.54, 1.807) is 4.90 Å². The first-order chi connectivity index (χ1) is 9.37. The molecule has 110 valence electrons. The highest BCUT2D eigenvalue weighted by Crippen LogP contribution is 2.25. The Morgan fingerprint density at radius 1 is 1.40 bits per heavy atom. The van der Waals surface area contributed by atoms with Crippen LogP contribution in [0.25, 0.3) is 0 Å². The van der Waals surface area contributed by atoms with Crippen molar-refractivity contribution in [1.82, 2.24) is 4.90 Å². The van der Waals surface area contributed by atoms with Gasteiger partial charge in [0.15, 0.2) is 0 Å². The lowest BCUT2D eigenvalue weighted by atomic mass is 10.2. The molecule has 20 heavy (non-hydrogen) atoms. The number of likely N-dealkylation sites (tertiary alicyclic amines) is 1. The topological polar surface area (TPSA) is 67.6 Å². The van der Waals surface area contributed by atoms with E-state index < -0.39 is 5.60 Å². The summed E-state index contributed by atoms with van der Waals surface area (Å²) in [5.74, 6) is 0. The second-order valence-corrected chi connectivity index (χ2v) is 6.06. The quantitative estimate of drug-likeness (QED) is 0.815. The molecule has 1 aromatic carbocycles. The number of nitrogens with one attached hydrogen (secondary N) is 1. The van der Waals surface area contributed by atoms with Crippen molar-refractivity contribution in [1.29, 1.82) is 0 Å². The molecule has 1 aromatic rings. The first kappa shape index (κ1) is 14.5. The number of hydrogen-bond acceptors (Lipinski definition) is 4. The number of carbonyl (C=O) groups is 1. The number of rotatable bonds is 2. The van der Waals surface area contributed by atoms with Crippen LogP contribution in [0.15, 0.2) is 24.3 Å². The van der Waals surface area contributed by atoms with Gasteiger partial charge in [-0.05, 0) is 45.7 Å². The molecule has 1 atom stereocenters. The minimum absolute atomic E-state index is 0.0606. The van der Waals surface area contributed by atoms with Crippen molar-refractivity contribution in [3.05, 3.63) is 24.3 Å². The van der Waals surface area contributed by atoms with Crippen LogP contribution in [0.2, 0.25) is 0 Å². The molecule has 0 unspecified atom stereocenters. The number of nitrogen functional groups attached to an aromatic ring is 1. The zero-order valence-electron chi connectivity index (χ0n) is 12.3. The lowest BCUT2D eigenvalue weighted by Gasteiger charge is -2.29. The van der Waals surface area contributed by atoms with E-state index in [1.165, 1.54) is 0 Å². The van der Waals surface area contributed by atoms with Gasteiger partial charge in [-0.1, -0.05) is 12.1 Å². The third-order valence-corrected chi connectivity index (χ3v) is 3.16. The molecule has 1 amide bonds. The summed E-state index contributed by atoms with van der Waals surface area (Å²) in [6.07, 6.45) is 1.52. The summed E-state index contributed by atoms with van der Waals surface area (Å²) in [6.45, 7) is 6.33. The van der Waals surface area contributed by atoms with E-state index in [0.717, 1.165) is 18.5 Å². The van der Waals surface area contributed by atoms with Crippen LogP contribution < -0.4 is 11.1 Å². The molecule has 0 saturated carbocycles. The molecule has 5 heteroatoms. The van der Waals surface area contributed by atoms with E-state index in [2.05, 4.69) is 5.32 Å². The Labute approximate surface area is 120 Å². The molecular formula is C15H23N3O2. The van der Waals surface area contributed by atoms with Gasteiger partial charge in [-0.15, -0.1) is 0 Å². The van der Waals surface area contributed by atoms with Gasteiger partial charge in [0.1, 0.15) is 11.8 Å². The monoisotopic (exact) mass is 277 g/mol. The van der Waals surface area contributed by atoms with Crippen LogP contribution in [0.4, 0.5) is 16.2 Å². The predicted octanol–water partition coefficient (Wildman–Crippen LogP) is 3.04. The van der Waals surface area contributed by atoms with Crippen LogP contribution in [0.5, 0.6) is 0 Å². The van der Waals surface area contributed by atoms with Gasteiger partial charge < -0.3 is 15.8 Å². The molecule has 1 heterocycles. The van der Waals surface area contributed by atoms with Crippen molar-refractivity contribution in [3.8, 4) is 0 Å². The summed E-state index contributed by atoms with van der Waals surface area (Å²) >= 11 is 0. The number of carbonyl (C=O) groups excluding carboxylic acids is 1. The van der Waals surface area contributed by atoms with Gasteiger partial charge in [0.05, 0.1) is 11.4 Å². The van der Waals surface area contributed by atoms with Crippen LogP contribution in [0.1, 0.15) is 33.6 Å². The predicted molar refractivity (Wildman–Crippen MR) is 80.4 cm³/mol. The van der Waals surface area contributed by atoms with Crippen LogP contribution in [-0.4, -0.2) is 29.3 Å². The van der Waals surface area contributed by atoms with Gasteiger partial charge in [0.2, 0.25) is 0 Å². The zero-order valence-corrected chi connectivity index (χ0v) is 12.3. The minimum atomic E-state index is -0.476. The van der Waals surface area contributed by atoms with Crippen molar-refractivity contribution in [2.24, 2.45) is 0 Å². The highest BCUT2D eigenvalue weighted by molar-refractivity contribution is 5.71. The number of ether oxygens (including phenoxy) is 1. The van der Waals surface area contributed by atoms with Crippen LogP contribution in [0.3, 0.4) is 0 Å². The minimum Gasteiger partial charge on any atom is -0.444 e. The summed E-state index contributed by atoms with van der Waals surface area (Å²) in [6, 6.07) is 7.57. The molecule has 3 N–H and O–H groups in total. The molecule has 0 radical (unpaired) electrons. The second kappa shape index (κ2) is 5.61. The molecule has 0 aromatic heterocycles. The normalized spacial score (nSPS) is 18.9. The Kier molecular flexibility index (Phi) is 4.06. The maximum Gasteiger partial charge on any atom is 0.411 e. The average Bonchev–Trinajstić information content (AvgIpc) is 2.78. The molecule has 0 aliphatic carbocycles. The zero-order chi connectivity index (χ0) is 14.8. The number of anilines is 2. The molecule has 2 rings (SSSR count). The molecule has 0 spiro atoms. The average molecular weight is 277 g/mol. The molecule has 1 aliphatic heterocycles. The van der Waals surface area contributed by atoms with Crippen molar-refractivity contribution < 1.29 is 9.53 Å². The van der Waals surface area contributed by atoms with Crippen molar-refractivity contribution in [2.75, 3.05) is 17.6 Å². The van der Waals surface area contributed by atoms with Gasteiger partial charge in [0.25, 0.3) is 0 Å². The summed E-state index contributed by atoms with van der Waals surface area (Å²) in [4.78, 5) is 13.9. The van der Waals surface area contributed by atoms with Crippen molar-refractivity contribution >= 4 is 17.5 Å². The Hall–Kier alpha value is -1.91. The Morgan fingerprint density at radius 3 is 2.75 bits per heavy atom. The van der Waals surface area contributed by atoms with Gasteiger partial charge in [0, 0.05) is 6.54 Å². The van der Waals surface area contributed by atoms with Crippen molar-refractivity contribution in [3.63, 3.8) is 0 Å². The number of nitrogens with zero attached hydrogens (tertiary/aromatic N) is 1. The molecule has 1 aliphatic rings. The number of benzene rings is 1. The van der Waals surface area contributed by atoms with Crippen LogP contribution in [0, 0.1) is 0 Å².